The van der Waals surface area contributed by atoms with Gasteiger partial charge in [-0.3, -0.25) is 14.5 Å². The molecule has 2 N–H and O–H groups in total. The number of hydrogen-bond donors (Lipinski definition) is 2. The second-order valence-electron chi connectivity index (χ2n) is 7.30. The number of amides is 4. The molecule has 4 amide bonds. The Balaban J connectivity index is 2.09. The number of benzene rings is 1. The van der Waals surface area contributed by atoms with E-state index >= 15 is 0 Å². The molecule has 0 radical (unpaired) electrons. The van der Waals surface area contributed by atoms with Gasteiger partial charge in [-0.2, -0.15) is 0 Å². The van der Waals surface area contributed by atoms with Gasteiger partial charge in [0, 0.05) is 5.69 Å². The van der Waals surface area contributed by atoms with Crippen LogP contribution in [0.25, 0.3) is 0 Å². The number of anilines is 1. The van der Waals surface area contributed by atoms with E-state index in [-0.39, 0.29) is 30.2 Å². The van der Waals surface area contributed by atoms with Crippen molar-refractivity contribution in [2.75, 3.05) is 11.9 Å². The third kappa shape index (κ3) is 4.38. The first-order chi connectivity index (χ1) is 11.7. The van der Waals surface area contributed by atoms with Crippen molar-refractivity contribution in [1.29, 1.82) is 0 Å². The van der Waals surface area contributed by atoms with E-state index in [2.05, 4.69) is 24.5 Å². The Morgan fingerprint density at radius 1 is 1.24 bits per heavy atom. The fraction of sp³-hybridized carbons (Fsp3) is 0.526. The standard InChI is InChI=1S/C19H27N3O3/c1-11(2)9-15-18(24)22(19(25)20-15)10-16(23)21-17-13(5)7-6-8-14(17)12(3)4/h6-8,11-12,15H,9-10H2,1-5H3,(H,20,25)(H,21,23)/t15-/m1/s1. The van der Waals surface area contributed by atoms with E-state index in [1.165, 1.54) is 0 Å². The van der Waals surface area contributed by atoms with E-state index in [0.717, 1.165) is 21.7 Å². The summed E-state index contributed by atoms with van der Waals surface area (Å²) in [7, 11) is 0. The molecule has 0 bridgehead atoms. The molecule has 0 spiro atoms. The molecule has 136 valence electrons. The number of carbonyl (C=O) groups excluding carboxylic acids is 3. The zero-order chi connectivity index (χ0) is 18.7. The van der Waals surface area contributed by atoms with Crippen molar-refractivity contribution in [1.82, 2.24) is 10.2 Å². The van der Waals surface area contributed by atoms with Gasteiger partial charge in [0.1, 0.15) is 12.6 Å². The summed E-state index contributed by atoms with van der Waals surface area (Å²) in [5, 5.41) is 5.52. The third-order valence-corrected chi connectivity index (χ3v) is 4.31. The Labute approximate surface area is 149 Å². The molecule has 1 aromatic rings. The molecule has 6 nitrogen and oxygen atoms in total. The van der Waals surface area contributed by atoms with E-state index in [4.69, 9.17) is 0 Å². The average molecular weight is 345 g/mol. The highest BCUT2D eigenvalue weighted by atomic mass is 16.2. The number of hydrogen-bond acceptors (Lipinski definition) is 3. The topological polar surface area (TPSA) is 78.5 Å². The summed E-state index contributed by atoms with van der Waals surface area (Å²) in [6, 6.07) is 4.81. The number of imide groups is 1. The minimum Gasteiger partial charge on any atom is -0.326 e. The van der Waals surface area contributed by atoms with E-state index in [0.29, 0.717) is 6.42 Å². The van der Waals surface area contributed by atoms with Gasteiger partial charge in [0.15, 0.2) is 0 Å². The van der Waals surface area contributed by atoms with E-state index in [9.17, 15) is 14.4 Å². The van der Waals surface area contributed by atoms with Crippen LogP contribution in [0.3, 0.4) is 0 Å². The van der Waals surface area contributed by atoms with Crippen LogP contribution in [0.2, 0.25) is 0 Å². The molecule has 1 aromatic carbocycles. The monoisotopic (exact) mass is 345 g/mol. The van der Waals surface area contributed by atoms with Crippen molar-refractivity contribution in [3.8, 4) is 0 Å². The lowest BCUT2D eigenvalue weighted by atomic mass is 9.98. The third-order valence-electron chi connectivity index (χ3n) is 4.31. The van der Waals surface area contributed by atoms with Crippen molar-refractivity contribution in [3.05, 3.63) is 29.3 Å². The van der Waals surface area contributed by atoms with Gasteiger partial charge >= 0.3 is 6.03 Å². The van der Waals surface area contributed by atoms with Crippen LogP contribution in [0, 0.1) is 12.8 Å². The van der Waals surface area contributed by atoms with Gasteiger partial charge < -0.3 is 10.6 Å². The van der Waals surface area contributed by atoms with E-state index in [1.807, 2.05) is 39.0 Å². The van der Waals surface area contributed by atoms with Crippen LogP contribution in [0.15, 0.2) is 18.2 Å². The lowest BCUT2D eigenvalue weighted by Crippen LogP contribution is -2.38. The van der Waals surface area contributed by atoms with Crippen LogP contribution in [0.5, 0.6) is 0 Å². The number of nitrogens with one attached hydrogen (secondary N) is 2. The summed E-state index contributed by atoms with van der Waals surface area (Å²) in [6.45, 7) is 9.73. The molecule has 0 aliphatic carbocycles. The Bertz CT molecular complexity index is 682. The van der Waals surface area contributed by atoms with Crippen molar-refractivity contribution in [2.24, 2.45) is 5.92 Å². The first kappa shape index (κ1) is 19.0. The van der Waals surface area contributed by atoms with Gasteiger partial charge in [0.2, 0.25) is 5.91 Å². The fourth-order valence-corrected chi connectivity index (χ4v) is 3.02. The summed E-state index contributed by atoms with van der Waals surface area (Å²) in [5.74, 6) is -0.168. The summed E-state index contributed by atoms with van der Waals surface area (Å²) in [6.07, 6.45) is 0.567. The summed E-state index contributed by atoms with van der Waals surface area (Å²) >= 11 is 0. The van der Waals surface area contributed by atoms with Gasteiger partial charge in [-0.05, 0) is 36.3 Å². The maximum absolute atomic E-state index is 12.4. The van der Waals surface area contributed by atoms with Crippen molar-refractivity contribution in [2.45, 2.75) is 53.0 Å². The molecule has 1 fully saturated rings. The molecule has 2 rings (SSSR count). The predicted molar refractivity (Wildman–Crippen MR) is 97.4 cm³/mol. The molecule has 25 heavy (non-hydrogen) atoms. The Kier molecular flexibility index (Phi) is 5.82. The number of aryl methyl sites for hydroxylation is 1. The first-order valence-electron chi connectivity index (χ1n) is 8.72. The smallest absolute Gasteiger partial charge is 0.325 e. The molecule has 1 aliphatic rings. The number of nitrogens with zero attached hydrogens (tertiary/aromatic N) is 1. The zero-order valence-electron chi connectivity index (χ0n) is 15.6. The Hall–Kier alpha value is -2.37. The highest BCUT2D eigenvalue weighted by Gasteiger charge is 2.39. The Morgan fingerprint density at radius 3 is 2.52 bits per heavy atom. The molecule has 0 saturated carbocycles. The summed E-state index contributed by atoms with van der Waals surface area (Å²) in [4.78, 5) is 37.8. The van der Waals surface area contributed by atoms with Gasteiger partial charge in [-0.25, -0.2) is 4.79 Å². The van der Waals surface area contributed by atoms with Gasteiger partial charge in [0.05, 0.1) is 0 Å². The van der Waals surface area contributed by atoms with Gasteiger partial charge in [-0.15, -0.1) is 0 Å². The largest absolute Gasteiger partial charge is 0.326 e. The minimum atomic E-state index is -0.537. The normalized spacial score (nSPS) is 17.4. The van der Waals surface area contributed by atoms with Crippen LogP contribution >= 0.6 is 0 Å². The molecule has 1 saturated heterocycles. The lowest BCUT2D eigenvalue weighted by molar-refractivity contribution is -0.131. The fourth-order valence-electron chi connectivity index (χ4n) is 3.02. The van der Waals surface area contributed by atoms with E-state index in [1.54, 1.807) is 0 Å². The second-order valence-corrected chi connectivity index (χ2v) is 7.30. The maximum atomic E-state index is 12.4. The predicted octanol–water partition coefficient (Wildman–Crippen LogP) is 3.02. The lowest BCUT2D eigenvalue weighted by Gasteiger charge is -2.18. The zero-order valence-corrected chi connectivity index (χ0v) is 15.6. The molecule has 0 unspecified atom stereocenters. The molecule has 0 aromatic heterocycles. The summed E-state index contributed by atoms with van der Waals surface area (Å²) in [5.41, 5.74) is 2.74. The minimum absolute atomic E-state index is 0.252. The Morgan fingerprint density at radius 2 is 1.92 bits per heavy atom. The molecular formula is C19H27N3O3. The number of para-hydroxylation sites is 1. The quantitative estimate of drug-likeness (QED) is 0.778. The highest BCUT2D eigenvalue weighted by Crippen LogP contribution is 2.27. The molecular weight excluding hydrogens is 318 g/mol. The number of rotatable bonds is 6. The van der Waals surface area contributed by atoms with Gasteiger partial charge in [0.25, 0.3) is 5.91 Å². The first-order valence-corrected chi connectivity index (χ1v) is 8.72. The molecule has 1 aliphatic heterocycles. The summed E-state index contributed by atoms with van der Waals surface area (Å²) < 4.78 is 0. The van der Waals surface area contributed by atoms with Crippen molar-refractivity contribution < 1.29 is 14.4 Å². The van der Waals surface area contributed by atoms with Crippen LogP contribution < -0.4 is 10.6 Å². The average Bonchev–Trinajstić information content (AvgIpc) is 2.76. The van der Waals surface area contributed by atoms with Crippen molar-refractivity contribution >= 4 is 23.5 Å². The van der Waals surface area contributed by atoms with Crippen LogP contribution in [-0.4, -0.2) is 35.3 Å². The van der Waals surface area contributed by atoms with E-state index < -0.39 is 12.1 Å². The highest BCUT2D eigenvalue weighted by molar-refractivity contribution is 6.08. The number of carbonyl (C=O) groups is 3. The SMILES string of the molecule is Cc1cccc(C(C)C)c1NC(=O)CN1C(=O)N[C@H](CC(C)C)C1=O. The second kappa shape index (κ2) is 7.68. The van der Waals surface area contributed by atoms with Crippen LogP contribution in [0.1, 0.15) is 51.2 Å². The van der Waals surface area contributed by atoms with Crippen LogP contribution in [-0.2, 0) is 9.59 Å². The van der Waals surface area contributed by atoms with Crippen LogP contribution in [0.4, 0.5) is 10.5 Å². The molecule has 6 heteroatoms. The maximum Gasteiger partial charge on any atom is 0.325 e. The van der Waals surface area contributed by atoms with Crippen molar-refractivity contribution in [3.63, 3.8) is 0 Å². The number of urea groups is 1. The van der Waals surface area contributed by atoms with Gasteiger partial charge in [-0.1, -0.05) is 45.9 Å². The molecule has 1 atom stereocenters. The molecule has 1 heterocycles.